The van der Waals surface area contributed by atoms with Gasteiger partial charge in [0, 0.05) is 37.7 Å². The highest BCUT2D eigenvalue weighted by Gasteiger charge is 2.16. The molecule has 3 nitrogen and oxygen atoms in total. The maximum Gasteiger partial charge on any atom is 0.0399 e. The average molecular weight is 255 g/mol. The highest BCUT2D eigenvalue weighted by Crippen LogP contribution is 2.27. The number of benzene rings is 1. The first-order chi connectivity index (χ1) is 9.43. The number of anilines is 1. The molecule has 0 spiro atoms. The summed E-state index contributed by atoms with van der Waals surface area (Å²) in [7, 11) is 0. The van der Waals surface area contributed by atoms with E-state index in [0.29, 0.717) is 0 Å². The first kappa shape index (κ1) is 12.3. The van der Waals surface area contributed by atoms with Gasteiger partial charge in [-0.05, 0) is 42.6 Å². The molecule has 0 fully saturated rings. The number of nitrogens with one attached hydrogen (secondary N) is 2. The molecule has 19 heavy (non-hydrogen) atoms. The molecule has 1 aromatic carbocycles. The number of hydrogen-bond donors (Lipinski definition) is 2. The van der Waals surface area contributed by atoms with Crippen LogP contribution in [-0.4, -0.2) is 24.6 Å². The second kappa shape index (κ2) is 5.93. The summed E-state index contributed by atoms with van der Waals surface area (Å²) in [5.41, 5.74) is 4.27. The molecular weight excluding hydrogens is 234 g/mol. The number of aromatic nitrogens is 1. The predicted molar refractivity (Wildman–Crippen MR) is 79.5 cm³/mol. The maximum atomic E-state index is 3.49. The number of para-hydroxylation sites is 1. The molecule has 1 aliphatic heterocycles. The van der Waals surface area contributed by atoms with Crippen LogP contribution in [0.25, 0.3) is 0 Å². The van der Waals surface area contributed by atoms with E-state index in [0.717, 1.165) is 19.6 Å². The fraction of sp³-hybridized carbons (Fsp3) is 0.375. The Morgan fingerprint density at radius 2 is 2.16 bits per heavy atom. The van der Waals surface area contributed by atoms with Crippen molar-refractivity contribution in [2.75, 3.05) is 24.5 Å². The molecule has 2 aromatic rings. The molecule has 0 radical (unpaired) electrons. The van der Waals surface area contributed by atoms with Gasteiger partial charge in [0.15, 0.2) is 0 Å². The summed E-state index contributed by atoms with van der Waals surface area (Å²) in [5, 5.41) is 3.49. The van der Waals surface area contributed by atoms with E-state index in [-0.39, 0.29) is 0 Å². The topological polar surface area (TPSA) is 31.1 Å². The van der Waals surface area contributed by atoms with Gasteiger partial charge in [-0.1, -0.05) is 18.2 Å². The predicted octanol–water partition coefficient (Wildman–Crippen LogP) is 2.56. The van der Waals surface area contributed by atoms with Crippen molar-refractivity contribution < 1.29 is 0 Å². The average Bonchev–Trinajstić information content (AvgIpc) is 3.08. The highest BCUT2D eigenvalue weighted by molar-refractivity contribution is 5.57. The lowest BCUT2D eigenvalue weighted by Crippen LogP contribution is -2.25. The van der Waals surface area contributed by atoms with E-state index in [1.165, 1.54) is 36.2 Å². The van der Waals surface area contributed by atoms with Gasteiger partial charge in [0.25, 0.3) is 0 Å². The molecule has 0 atom stereocenters. The molecule has 100 valence electrons. The van der Waals surface area contributed by atoms with Crippen molar-refractivity contribution in [2.24, 2.45) is 0 Å². The monoisotopic (exact) mass is 255 g/mol. The summed E-state index contributed by atoms with van der Waals surface area (Å²) in [6.45, 7) is 4.36. The lowest BCUT2D eigenvalue weighted by Gasteiger charge is -2.19. The van der Waals surface area contributed by atoms with Crippen molar-refractivity contribution in [3.05, 3.63) is 53.9 Å². The van der Waals surface area contributed by atoms with Crippen molar-refractivity contribution in [1.29, 1.82) is 0 Å². The van der Waals surface area contributed by atoms with Gasteiger partial charge < -0.3 is 15.2 Å². The van der Waals surface area contributed by atoms with E-state index in [1.807, 2.05) is 12.4 Å². The second-order valence-corrected chi connectivity index (χ2v) is 5.12. The summed E-state index contributed by atoms with van der Waals surface area (Å²) in [6, 6.07) is 10.9. The first-order valence-electron chi connectivity index (χ1n) is 7.09. The van der Waals surface area contributed by atoms with Gasteiger partial charge in [-0.3, -0.25) is 0 Å². The van der Waals surface area contributed by atoms with Crippen molar-refractivity contribution in [1.82, 2.24) is 10.3 Å². The summed E-state index contributed by atoms with van der Waals surface area (Å²) in [5.74, 6) is 0. The minimum absolute atomic E-state index is 0.958. The molecule has 0 saturated heterocycles. The van der Waals surface area contributed by atoms with Gasteiger partial charge >= 0.3 is 0 Å². The lowest BCUT2D eigenvalue weighted by molar-refractivity contribution is 0.639. The quantitative estimate of drug-likeness (QED) is 0.777. The molecular formula is C16H21N3. The fourth-order valence-electron chi connectivity index (χ4n) is 2.73. The zero-order valence-corrected chi connectivity index (χ0v) is 11.2. The number of H-pyrrole nitrogens is 1. The molecule has 2 heterocycles. The summed E-state index contributed by atoms with van der Waals surface area (Å²) < 4.78 is 0. The van der Waals surface area contributed by atoms with Crippen molar-refractivity contribution in [3.8, 4) is 0 Å². The van der Waals surface area contributed by atoms with Crippen LogP contribution in [0.1, 0.15) is 17.5 Å². The molecule has 2 N–H and O–H groups in total. The number of aromatic amines is 1. The van der Waals surface area contributed by atoms with E-state index in [2.05, 4.69) is 45.5 Å². The second-order valence-electron chi connectivity index (χ2n) is 5.12. The van der Waals surface area contributed by atoms with Gasteiger partial charge in [-0.2, -0.15) is 0 Å². The van der Waals surface area contributed by atoms with Crippen LogP contribution in [0.5, 0.6) is 0 Å². The third-order valence-electron chi connectivity index (χ3n) is 3.76. The number of rotatable bonds is 6. The molecule has 0 amide bonds. The largest absolute Gasteiger partial charge is 0.371 e. The maximum absolute atomic E-state index is 3.49. The van der Waals surface area contributed by atoms with Crippen LogP contribution in [0.4, 0.5) is 5.69 Å². The Bertz CT molecular complexity index is 504. The van der Waals surface area contributed by atoms with Crippen LogP contribution in [0.15, 0.2) is 42.7 Å². The highest BCUT2D eigenvalue weighted by atomic mass is 15.1. The van der Waals surface area contributed by atoms with Gasteiger partial charge in [0.2, 0.25) is 0 Å². The van der Waals surface area contributed by atoms with E-state index >= 15 is 0 Å². The first-order valence-corrected chi connectivity index (χ1v) is 7.09. The standard InChI is InChI=1S/C16H21N3/c1-2-5-16-15(4-1)7-11-19(16)10-3-8-17-12-14-6-9-18-13-14/h1-2,4-6,9,13,17-18H,3,7-8,10-12H2. The Hall–Kier alpha value is -1.74. The molecule has 0 saturated carbocycles. The Kier molecular flexibility index (Phi) is 3.84. The Balaban J connectivity index is 1.39. The van der Waals surface area contributed by atoms with Gasteiger partial charge in [0.05, 0.1) is 0 Å². The van der Waals surface area contributed by atoms with Crippen LogP contribution in [0.3, 0.4) is 0 Å². The van der Waals surface area contributed by atoms with Crippen molar-refractivity contribution >= 4 is 5.69 Å². The minimum atomic E-state index is 0.958. The summed E-state index contributed by atoms with van der Waals surface area (Å²) in [4.78, 5) is 5.59. The van der Waals surface area contributed by atoms with Crippen LogP contribution in [-0.2, 0) is 13.0 Å². The molecule has 0 aliphatic carbocycles. The van der Waals surface area contributed by atoms with Gasteiger partial charge in [0.1, 0.15) is 0 Å². The summed E-state index contributed by atoms with van der Waals surface area (Å²) >= 11 is 0. The Morgan fingerprint density at radius 1 is 1.21 bits per heavy atom. The van der Waals surface area contributed by atoms with E-state index in [1.54, 1.807) is 0 Å². The number of nitrogens with zero attached hydrogens (tertiary/aromatic N) is 1. The Morgan fingerprint density at radius 3 is 3.05 bits per heavy atom. The SMILES string of the molecule is c1ccc2c(c1)CCN2CCCNCc1cc[nH]c1. The fourth-order valence-corrected chi connectivity index (χ4v) is 2.73. The molecule has 1 aliphatic rings. The minimum Gasteiger partial charge on any atom is -0.371 e. The van der Waals surface area contributed by atoms with Crippen LogP contribution < -0.4 is 10.2 Å². The molecule has 3 heteroatoms. The molecule has 3 rings (SSSR count). The Labute approximate surface area is 114 Å². The smallest absolute Gasteiger partial charge is 0.0399 e. The van der Waals surface area contributed by atoms with Crippen molar-refractivity contribution in [3.63, 3.8) is 0 Å². The summed E-state index contributed by atoms with van der Waals surface area (Å²) in [6.07, 6.45) is 6.41. The number of fused-ring (bicyclic) bond motifs is 1. The van der Waals surface area contributed by atoms with Crippen LogP contribution in [0, 0.1) is 0 Å². The zero-order valence-electron chi connectivity index (χ0n) is 11.2. The van der Waals surface area contributed by atoms with Crippen LogP contribution in [0.2, 0.25) is 0 Å². The molecule has 0 unspecified atom stereocenters. The normalized spacial score (nSPS) is 13.8. The van der Waals surface area contributed by atoms with Crippen LogP contribution >= 0.6 is 0 Å². The van der Waals surface area contributed by atoms with Gasteiger partial charge in [-0.25, -0.2) is 0 Å². The zero-order chi connectivity index (χ0) is 12.9. The van der Waals surface area contributed by atoms with Crippen molar-refractivity contribution in [2.45, 2.75) is 19.4 Å². The number of hydrogen-bond acceptors (Lipinski definition) is 2. The van der Waals surface area contributed by atoms with Gasteiger partial charge in [-0.15, -0.1) is 0 Å². The van der Waals surface area contributed by atoms with E-state index in [9.17, 15) is 0 Å². The van der Waals surface area contributed by atoms with E-state index < -0.39 is 0 Å². The van der Waals surface area contributed by atoms with E-state index in [4.69, 9.17) is 0 Å². The lowest BCUT2D eigenvalue weighted by atomic mass is 10.2. The molecule has 0 bridgehead atoms. The third kappa shape index (κ3) is 2.99. The third-order valence-corrected chi connectivity index (χ3v) is 3.76. The molecule has 1 aromatic heterocycles.